The molecule has 0 radical (unpaired) electrons. The summed E-state index contributed by atoms with van der Waals surface area (Å²) >= 11 is 0. The van der Waals surface area contributed by atoms with Crippen LogP contribution in [-0.2, 0) is 13.6 Å². The Morgan fingerprint density at radius 1 is 1.18 bits per heavy atom. The van der Waals surface area contributed by atoms with Gasteiger partial charge in [-0.3, -0.25) is 4.57 Å². The van der Waals surface area contributed by atoms with Crippen LogP contribution in [0.15, 0.2) is 0 Å². The standard InChI is InChI=1S/C9H19F2O5P/c1-3-15-17(14,16-4-2)9(10,11)5-8(6-12)7-13/h8,12-13H,3-7H2,1-2H3. The smallest absolute Gasteiger partial charge is 0.396 e. The summed E-state index contributed by atoms with van der Waals surface area (Å²) in [6, 6.07) is 0. The number of halogens is 2. The number of hydrogen-bond acceptors (Lipinski definition) is 5. The van der Waals surface area contributed by atoms with Gasteiger partial charge in [-0.15, -0.1) is 0 Å². The lowest BCUT2D eigenvalue weighted by molar-refractivity contribution is -0.000687. The lowest BCUT2D eigenvalue weighted by Gasteiger charge is -2.27. The maximum Gasteiger partial charge on any atom is 0.399 e. The van der Waals surface area contributed by atoms with Gasteiger partial charge in [-0.1, -0.05) is 0 Å². The number of aliphatic hydroxyl groups excluding tert-OH is 2. The molecule has 8 heteroatoms. The molecule has 0 saturated heterocycles. The zero-order valence-electron chi connectivity index (χ0n) is 9.94. The monoisotopic (exact) mass is 276 g/mol. The summed E-state index contributed by atoms with van der Waals surface area (Å²) in [5.74, 6) is -1.06. The minimum atomic E-state index is -4.56. The second-order valence-electron chi connectivity index (χ2n) is 3.43. The first-order valence-corrected chi connectivity index (χ1v) is 6.89. The Kier molecular flexibility index (Phi) is 7.35. The van der Waals surface area contributed by atoms with Gasteiger partial charge < -0.3 is 19.3 Å². The Morgan fingerprint density at radius 3 is 1.88 bits per heavy atom. The van der Waals surface area contributed by atoms with Gasteiger partial charge in [0.2, 0.25) is 0 Å². The zero-order valence-corrected chi connectivity index (χ0v) is 10.8. The molecule has 0 spiro atoms. The number of aliphatic hydroxyl groups is 2. The van der Waals surface area contributed by atoms with Crippen LogP contribution in [0.25, 0.3) is 0 Å². The molecule has 0 aliphatic rings. The highest BCUT2D eigenvalue weighted by Crippen LogP contribution is 2.63. The Balaban J connectivity index is 4.87. The van der Waals surface area contributed by atoms with Crippen LogP contribution in [0.1, 0.15) is 20.3 Å². The van der Waals surface area contributed by atoms with Crippen molar-refractivity contribution >= 4 is 7.60 Å². The fraction of sp³-hybridized carbons (Fsp3) is 1.00. The van der Waals surface area contributed by atoms with Crippen molar-refractivity contribution in [2.24, 2.45) is 5.92 Å². The maximum absolute atomic E-state index is 13.7. The van der Waals surface area contributed by atoms with E-state index in [0.717, 1.165) is 0 Å². The molecule has 17 heavy (non-hydrogen) atoms. The summed E-state index contributed by atoms with van der Waals surface area (Å²) in [5, 5.41) is 17.5. The third-order valence-corrected chi connectivity index (χ3v) is 4.23. The van der Waals surface area contributed by atoms with E-state index in [1.54, 1.807) is 0 Å². The van der Waals surface area contributed by atoms with Gasteiger partial charge in [-0.05, 0) is 13.8 Å². The molecule has 0 bridgehead atoms. The molecule has 0 aromatic carbocycles. The average molecular weight is 276 g/mol. The topological polar surface area (TPSA) is 76.0 Å². The molecular weight excluding hydrogens is 257 g/mol. The van der Waals surface area contributed by atoms with Gasteiger partial charge in [0.1, 0.15) is 0 Å². The SMILES string of the molecule is CCOP(=O)(OCC)C(F)(F)CC(CO)CO. The quantitative estimate of drug-likeness (QED) is 0.628. The van der Waals surface area contributed by atoms with Gasteiger partial charge in [0.25, 0.3) is 0 Å². The Hall–Kier alpha value is -0.0700. The Labute approximate surface area is 99.3 Å². The minimum Gasteiger partial charge on any atom is -0.396 e. The molecule has 0 aromatic heterocycles. The molecule has 0 saturated carbocycles. The van der Waals surface area contributed by atoms with Gasteiger partial charge in [0.05, 0.1) is 13.2 Å². The molecule has 104 valence electrons. The zero-order chi connectivity index (χ0) is 13.5. The van der Waals surface area contributed by atoms with E-state index >= 15 is 0 Å². The van der Waals surface area contributed by atoms with E-state index in [1.165, 1.54) is 13.8 Å². The van der Waals surface area contributed by atoms with Crippen molar-refractivity contribution in [2.45, 2.75) is 25.9 Å². The molecule has 0 heterocycles. The van der Waals surface area contributed by atoms with E-state index in [-0.39, 0.29) is 13.2 Å². The van der Waals surface area contributed by atoms with Crippen molar-refractivity contribution < 1.29 is 32.6 Å². The largest absolute Gasteiger partial charge is 0.399 e. The summed E-state index contributed by atoms with van der Waals surface area (Å²) in [7, 11) is -4.56. The fourth-order valence-electron chi connectivity index (χ4n) is 1.21. The Bertz CT molecular complexity index is 248. The van der Waals surface area contributed by atoms with E-state index in [9.17, 15) is 13.3 Å². The van der Waals surface area contributed by atoms with Crippen LogP contribution in [0, 0.1) is 5.92 Å². The maximum atomic E-state index is 13.7. The predicted molar refractivity (Wildman–Crippen MR) is 58.1 cm³/mol. The second-order valence-corrected chi connectivity index (χ2v) is 5.60. The van der Waals surface area contributed by atoms with E-state index in [1.807, 2.05) is 0 Å². The number of rotatable bonds is 9. The van der Waals surface area contributed by atoms with E-state index in [4.69, 9.17) is 10.2 Å². The number of hydrogen-bond donors (Lipinski definition) is 2. The van der Waals surface area contributed by atoms with E-state index < -0.39 is 38.8 Å². The predicted octanol–water partition coefficient (Wildman–Crippen LogP) is 1.84. The highest BCUT2D eigenvalue weighted by Gasteiger charge is 2.53. The van der Waals surface area contributed by atoms with Crippen molar-refractivity contribution in [1.29, 1.82) is 0 Å². The normalized spacial score (nSPS) is 13.4. The molecule has 0 aliphatic carbocycles. The molecule has 2 N–H and O–H groups in total. The van der Waals surface area contributed by atoms with Crippen LogP contribution in [0.3, 0.4) is 0 Å². The van der Waals surface area contributed by atoms with Crippen molar-refractivity contribution in [3.63, 3.8) is 0 Å². The van der Waals surface area contributed by atoms with E-state index in [2.05, 4.69) is 9.05 Å². The van der Waals surface area contributed by atoms with Gasteiger partial charge in [0.15, 0.2) is 0 Å². The van der Waals surface area contributed by atoms with E-state index in [0.29, 0.717) is 0 Å². The summed E-state index contributed by atoms with van der Waals surface area (Å²) in [6.45, 7) is 1.27. The molecule has 0 aromatic rings. The van der Waals surface area contributed by atoms with Crippen LogP contribution >= 0.6 is 7.60 Å². The molecule has 0 unspecified atom stereocenters. The third kappa shape index (κ3) is 4.60. The summed E-state index contributed by atoms with van der Waals surface area (Å²) in [6.07, 6.45) is -0.947. The summed E-state index contributed by atoms with van der Waals surface area (Å²) in [5.41, 5.74) is -3.73. The van der Waals surface area contributed by atoms with Crippen LogP contribution in [0.2, 0.25) is 0 Å². The van der Waals surface area contributed by atoms with Gasteiger partial charge in [0, 0.05) is 25.6 Å². The van der Waals surface area contributed by atoms with Crippen LogP contribution in [0.4, 0.5) is 8.78 Å². The van der Waals surface area contributed by atoms with Crippen molar-refractivity contribution in [3.05, 3.63) is 0 Å². The first kappa shape index (κ1) is 16.9. The summed E-state index contributed by atoms with van der Waals surface area (Å²) < 4.78 is 48.4. The molecule has 0 amide bonds. The fourth-order valence-corrected chi connectivity index (χ4v) is 2.83. The molecule has 0 atom stereocenters. The summed E-state index contributed by atoms with van der Waals surface area (Å²) in [4.78, 5) is 0. The molecular formula is C9H19F2O5P. The van der Waals surface area contributed by atoms with Gasteiger partial charge in [-0.2, -0.15) is 8.78 Å². The Morgan fingerprint density at radius 2 is 1.59 bits per heavy atom. The average Bonchev–Trinajstić information content (AvgIpc) is 2.26. The van der Waals surface area contributed by atoms with Gasteiger partial charge in [-0.25, -0.2) is 0 Å². The van der Waals surface area contributed by atoms with Crippen LogP contribution in [0.5, 0.6) is 0 Å². The molecule has 0 rings (SSSR count). The van der Waals surface area contributed by atoms with Crippen molar-refractivity contribution in [3.8, 4) is 0 Å². The molecule has 0 fully saturated rings. The lowest BCUT2D eigenvalue weighted by Crippen LogP contribution is -2.27. The molecule has 0 aliphatic heterocycles. The first-order chi connectivity index (χ1) is 7.86. The van der Waals surface area contributed by atoms with Crippen LogP contribution < -0.4 is 0 Å². The highest BCUT2D eigenvalue weighted by molar-refractivity contribution is 7.55. The third-order valence-electron chi connectivity index (χ3n) is 2.05. The molecule has 5 nitrogen and oxygen atoms in total. The van der Waals surface area contributed by atoms with Gasteiger partial charge >= 0.3 is 13.3 Å². The first-order valence-electron chi connectivity index (χ1n) is 5.35. The number of alkyl halides is 2. The lowest BCUT2D eigenvalue weighted by atomic mass is 10.1. The highest BCUT2D eigenvalue weighted by atomic mass is 31.2. The second kappa shape index (κ2) is 7.38. The minimum absolute atomic E-state index is 0.171. The van der Waals surface area contributed by atoms with Crippen molar-refractivity contribution in [2.75, 3.05) is 26.4 Å². The van der Waals surface area contributed by atoms with Crippen molar-refractivity contribution in [1.82, 2.24) is 0 Å². The van der Waals surface area contributed by atoms with Crippen LogP contribution in [-0.4, -0.2) is 42.3 Å².